The number of aryl methyl sites for hydroxylation is 1. The molecule has 2 aliphatic rings. The largest absolute Gasteiger partial charge is 0.465 e. The van der Waals surface area contributed by atoms with Crippen LogP contribution in [-0.4, -0.2) is 76.2 Å². The average molecular weight is 503 g/mol. The number of nitrogens with zero attached hydrogens (tertiary/aromatic N) is 2. The summed E-state index contributed by atoms with van der Waals surface area (Å²) in [4.78, 5) is 53.8. The molecule has 0 spiro atoms. The van der Waals surface area contributed by atoms with Gasteiger partial charge in [-0.1, -0.05) is 38.1 Å². The fraction of sp³-hybridized carbons (Fsp3) is 0.615. The number of ether oxygens (including phenoxy) is 1. The van der Waals surface area contributed by atoms with Crippen LogP contribution in [-0.2, 0) is 20.7 Å². The molecule has 10 nitrogen and oxygen atoms in total. The van der Waals surface area contributed by atoms with Gasteiger partial charge in [-0.3, -0.25) is 9.59 Å². The van der Waals surface area contributed by atoms with E-state index in [1.165, 1.54) is 10.5 Å². The summed E-state index contributed by atoms with van der Waals surface area (Å²) in [6, 6.07) is 5.79. The summed E-state index contributed by atoms with van der Waals surface area (Å²) >= 11 is 0. The lowest BCUT2D eigenvalue weighted by atomic mass is 9.87. The summed E-state index contributed by atoms with van der Waals surface area (Å²) < 4.78 is 5.33. The molecule has 0 aromatic heterocycles. The fourth-order valence-corrected chi connectivity index (χ4v) is 4.74. The van der Waals surface area contributed by atoms with Crippen LogP contribution < -0.4 is 10.6 Å². The maximum absolute atomic E-state index is 13.6. The topological polar surface area (TPSA) is 128 Å². The Balaban J connectivity index is 1.81. The number of piperazine rings is 1. The Morgan fingerprint density at radius 3 is 2.44 bits per heavy atom. The van der Waals surface area contributed by atoms with Crippen LogP contribution in [0.25, 0.3) is 0 Å². The standard InChI is InChI=1S/C26H38N4O6/c1-16(2)21(28-24(33)36-26(3,4)5)23(32)30-14-13-29(25(34)35)15-20(30)22(31)27-19-12-8-10-17-9-6-7-11-18(17)19/h6-7,9,11,16,19-21H,8,10,12-15H2,1-5H3,(H,27,31)(H,28,33)(H,34,35)/t19-,20+,21+/m1/s1. The minimum absolute atomic E-state index is 0.0453. The fourth-order valence-electron chi connectivity index (χ4n) is 4.74. The van der Waals surface area contributed by atoms with Gasteiger partial charge in [-0.25, -0.2) is 9.59 Å². The van der Waals surface area contributed by atoms with Crippen molar-refractivity contribution in [3.63, 3.8) is 0 Å². The number of fused-ring (bicyclic) bond motifs is 1. The highest BCUT2D eigenvalue weighted by atomic mass is 16.6. The molecule has 1 fully saturated rings. The van der Waals surface area contributed by atoms with Crippen molar-refractivity contribution in [3.8, 4) is 0 Å². The Morgan fingerprint density at radius 1 is 1.11 bits per heavy atom. The highest BCUT2D eigenvalue weighted by molar-refractivity contribution is 5.92. The Kier molecular flexibility index (Phi) is 8.47. The Morgan fingerprint density at radius 2 is 1.81 bits per heavy atom. The molecule has 1 aliphatic carbocycles. The molecular weight excluding hydrogens is 464 g/mol. The van der Waals surface area contributed by atoms with Crippen LogP contribution in [0.5, 0.6) is 0 Å². The summed E-state index contributed by atoms with van der Waals surface area (Å²) in [5.41, 5.74) is 1.49. The van der Waals surface area contributed by atoms with E-state index in [2.05, 4.69) is 10.6 Å². The molecule has 10 heteroatoms. The van der Waals surface area contributed by atoms with E-state index in [4.69, 9.17) is 4.74 Å². The molecule has 1 heterocycles. The first-order valence-electron chi connectivity index (χ1n) is 12.5. The van der Waals surface area contributed by atoms with E-state index in [0.717, 1.165) is 29.7 Å². The van der Waals surface area contributed by atoms with Gasteiger partial charge in [-0.05, 0) is 57.1 Å². The third-order valence-electron chi connectivity index (χ3n) is 6.53. The molecule has 1 aromatic rings. The second-order valence-electron chi connectivity index (χ2n) is 10.8. The normalized spacial score (nSPS) is 20.8. The lowest BCUT2D eigenvalue weighted by Crippen LogP contribution is -2.65. The van der Waals surface area contributed by atoms with Crippen molar-refractivity contribution in [2.75, 3.05) is 19.6 Å². The van der Waals surface area contributed by atoms with Gasteiger partial charge in [-0.15, -0.1) is 0 Å². The highest BCUT2D eigenvalue weighted by Crippen LogP contribution is 2.30. The average Bonchev–Trinajstić information content (AvgIpc) is 2.80. The number of carbonyl (C=O) groups is 4. The summed E-state index contributed by atoms with van der Waals surface area (Å²) in [5.74, 6) is -1.13. The maximum atomic E-state index is 13.6. The molecule has 0 saturated carbocycles. The van der Waals surface area contributed by atoms with Gasteiger partial charge in [0, 0.05) is 13.1 Å². The van der Waals surface area contributed by atoms with E-state index in [0.29, 0.717) is 0 Å². The van der Waals surface area contributed by atoms with Crippen molar-refractivity contribution in [2.45, 2.75) is 77.6 Å². The zero-order valence-corrected chi connectivity index (χ0v) is 21.7. The number of rotatable bonds is 5. The zero-order chi connectivity index (χ0) is 26.6. The molecule has 198 valence electrons. The molecule has 0 radical (unpaired) electrons. The van der Waals surface area contributed by atoms with Crippen molar-refractivity contribution in [1.29, 1.82) is 0 Å². The van der Waals surface area contributed by atoms with Crippen LogP contribution >= 0.6 is 0 Å². The molecule has 3 rings (SSSR count). The summed E-state index contributed by atoms with van der Waals surface area (Å²) in [6.07, 6.45) is 0.760. The Bertz CT molecular complexity index is 989. The van der Waals surface area contributed by atoms with Gasteiger partial charge in [0.05, 0.1) is 12.6 Å². The predicted octanol–water partition coefficient (Wildman–Crippen LogP) is 2.92. The number of alkyl carbamates (subject to hydrolysis) is 1. The third kappa shape index (κ3) is 6.67. The van der Waals surface area contributed by atoms with Crippen LogP contribution in [0.1, 0.15) is 64.6 Å². The number of benzene rings is 1. The van der Waals surface area contributed by atoms with Crippen molar-refractivity contribution in [2.24, 2.45) is 5.92 Å². The number of carbonyl (C=O) groups excluding carboxylic acids is 3. The molecule has 1 aliphatic heterocycles. The van der Waals surface area contributed by atoms with Gasteiger partial charge < -0.3 is 30.3 Å². The first-order valence-corrected chi connectivity index (χ1v) is 12.5. The van der Waals surface area contributed by atoms with Gasteiger partial charge in [-0.2, -0.15) is 0 Å². The molecule has 3 N–H and O–H groups in total. The first kappa shape index (κ1) is 27.3. The number of nitrogens with one attached hydrogen (secondary N) is 2. The van der Waals surface area contributed by atoms with Crippen molar-refractivity contribution >= 4 is 24.0 Å². The molecule has 4 amide bonds. The van der Waals surface area contributed by atoms with Crippen LogP contribution in [0.2, 0.25) is 0 Å². The lowest BCUT2D eigenvalue weighted by molar-refractivity contribution is -0.146. The van der Waals surface area contributed by atoms with E-state index < -0.39 is 41.7 Å². The molecule has 3 atom stereocenters. The highest BCUT2D eigenvalue weighted by Gasteiger charge is 2.41. The second-order valence-corrected chi connectivity index (χ2v) is 10.8. The predicted molar refractivity (Wildman–Crippen MR) is 133 cm³/mol. The summed E-state index contributed by atoms with van der Waals surface area (Å²) in [6.45, 7) is 8.76. The second kappa shape index (κ2) is 11.2. The van der Waals surface area contributed by atoms with Crippen LogP contribution in [0.15, 0.2) is 24.3 Å². The van der Waals surface area contributed by atoms with E-state index >= 15 is 0 Å². The molecule has 1 saturated heterocycles. The van der Waals surface area contributed by atoms with E-state index in [1.54, 1.807) is 34.6 Å². The van der Waals surface area contributed by atoms with Crippen LogP contribution in [0.3, 0.4) is 0 Å². The molecule has 1 aromatic carbocycles. The third-order valence-corrected chi connectivity index (χ3v) is 6.53. The minimum atomic E-state index is -1.14. The lowest BCUT2D eigenvalue weighted by Gasteiger charge is -2.42. The van der Waals surface area contributed by atoms with E-state index in [-0.39, 0.29) is 31.6 Å². The Hall–Kier alpha value is -3.30. The maximum Gasteiger partial charge on any atom is 0.408 e. The summed E-state index contributed by atoms with van der Waals surface area (Å²) in [7, 11) is 0. The number of hydrogen-bond acceptors (Lipinski definition) is 5. The number of amides is 4. The quantitative estimate of drug-likeness (QED) is 0.568. The summed E-state index contributed by atoms with van der Waals surface area (Å²) in [5, 5.41) is 15.3. The Labute approximate surface area is 212 Å². The molecule has 0 bridgehead atoms. The number of carboxylic acid groups (broad SMARTS) is 1. The minimum Gasteiger partial charge on any atom is -0.465 e. The van der Waals surface area contributed by atoms with Crippen LogP contribution in [0.4, 0.5) is 9.59 Å². The van der Waals surface area contributed by atoms with Crippen molar-refractivity contribution in [3.05, 3.63) is 35.4 Å². The van der Waals surface area contributed by atoms with Crippen LogP contribution in [0, 0.1) is 5.92 Å². The monoisotopic (exact) mass is 502 g/mol. The number of hydrogen-bond donors (Lipinski definition) is 3. The smallest absolute Gasteiger partial charge is 0.408 e. The van der Waals surface area contributed by atoms with E-state index in [1.807, 2.05) is 24.3 Å². The van der Waals surface area contributed by atoms with Gasteiger partial charge in [0.1, 0.15) is 17.7 Å². The first-order chi connectivity index (χ1) is 16.9. The van der Waals surface area contributed by atoms with Crippen molar-refractivity contribution in [1.82, 2.24) is 20.4 Å². The van der Waals surface area contributed by atoms with Gasteiger partial charge in [0.2, 0.25) is 11.8 Å². The molecule has 0 unspecified atom stereocenters. The molecule has 36 heavy (non-hydrogen) atoms. The van der Waals surface area contributed by atoms with Crippen molar-refractivity contribution < 1.29 is 29.0 Å². The molecular formula is C26H38N4O6. The van der Waals surface area contributed by atoms with Gasteiger partial charge in [0.25, 0.3) is 0 Å². The van der Waals surface area contributed by atoms with Gasteiger partial charge >= 0.3 is 12.2 Å². The zero-order valence-electron chi connectivity index (χ0n) is 21.7. The SMILES string of the molecule is CC(C)[C@H](NC(=O)OC(C)(C)C)C(=O)N1CCN(C(=O)O)C[C@H]1C(=O)N[C@@H]1CCCc2ccccc21. The van der Waals surface area contributed by atoms with E-state index in [9.17, 15) is 24.3 Å². The van der Waals surface area contributed by atoms with Gasteiger partial charge in [0.15, 0.2) is 0 Å².